The number of hydrogen-bond acceptors (Lipinski definition) is 4. The summed E-state index contributed by atoms with van der Waals surface area (Å²) in [4.78, 5) is 11.9. The summed E-state index contributed by atoms with van der Waals surface area (Å²) in [5.41, 5.74) is 4.03. The van der Waals surface area contributed by atoms with E-state index in [4.69, 9.17) is 0 Å². The van der Waals surface area contributed by atoms with E-state index in [0.29, 0.717) is 17.8 Å². The van der Waals surface area contributed by atoms with Gasteiger partial charge in [-0.15, -0.1) is 0 Å². The number of allylic oxidation sites excluding steroid dienone is 2. The summed E-state index contributed by atoms with van der Waals surface area (Å²) >= 11 is 0. The molecule has 4 aliphatic rings. The Balaban J connectivity index is 1.56. The Bertz CT molecular complexity index is 619. The number of nitrogens with one attached hydrogen (secondary N) is 1. The van der Waals surface area contributed by atoms with Gasteiger partial charge in [-0.1, -0.05) is 19.9 Å². The number of hydrazone groups is 1. The third kappa shape index (κ3) is 2.65. The van der Waals surface area contributed by atoms with Gasteiger partial charge in [0, 0.05) is 0 Å². The first kappa shape index (κ1) is 14.8. The van der Waals surface area contributed by atoms with Gasteiger partial charge in [-0.2, -0.15) is 5.10 Å². The highest BCUT2D eigenvalue weighted by atomic mass is 32.2. The predicted octanol–water partition coefficient (Wildman–Crippen LogP) is 1.52. The van der Waals surface area contributed by atoms with Crippen LogP contribution >= 0.6 is 0 Å². The van der Waals surface area contributed by atoms with E-state index in [2.05, 4.69) is 30.5 Å². The summed E-state index contributed by atoms with van der Waals surface area (Å²) in [5.74, 6) is 0.639. The Kier molecular flexibility index (Phi) is 3.47. The van der Waals surface area contributed by atoms with E-state index in [9.17, 15) is 13.2 Å². The Morgan fingerprint density at radius 2 is 2.24 bits per heavy atom. The molecule has 21 heavy (non-hydrogen) atoms. The highest BCUT2D eigenvalue weighted by Gasteiger charge is 2.50. The van der Waals surface area contributed by atoms with Crippen molar-refractivity contribution in [3.8, 4) is 0 Å². The topological polar surface area (TPSA) is 75.6 Å². The summed E-state index contributed by atoms with van der Waals surface area (Å²) in [5, 5.41) is 4.04. The number of carbonyl (C=O) groups is 1. The number of sulfone groups is 1. The van der Waals surface area contributed by atoms with Crippen LogP contribution in [0.3, 0.4) is 0 Å². The van der Waals surface area contributed by atoms with Crippen LogP contribution in [-0.4, -0.2) is 32.0 Å². The van der Waals surface area contributed by atoms with Crippen LogP contribution in [0.25, 0.3) is 0 Å². The standard InChI is InChI=1S/C15H22N2O3S/c1-15(2)12-4-3-10(13(15)7-12)8-16-17-14(18)11-5-6-21(19,20)9-11/h3,8,11-13H,4-7,9H2,1-2H3,(H,17,18)/t11-,12+,13-/m1/s1. The Morgan fingerprint density at radius 3 is 2.81 bits per heavy atom. The van der Waals surface area contributed by atoms with Crippen molar-refractivity contribution < 1.29 is 13.2 Å². The van der Waals surface area contributed by atoms with Crippen LogP contribution in [0.1, 0.15) is 33.1 Å². The maximum Gasteiger partial charge on any atom is 0.244 e. The average molecular weight is 310 g/mol. The molecule has 1 amide bonds. The van der Waals surface area contributed by atoms with Crippen LogP contribution in [0.2, 0.25) is 0 Å². The summed E-state index contributed by atoms with van der Waals surface area (Å²) in [6, 6.07) is 0. The fourth-order valence-corrected chi connectivity index (χ4v) is 5.55. The van der Waals surface area contributed by atoms with Gasteiger partial charge < -0.3 is 0 Å². The SMILES string of the molecule is CC1(C)[C@H]2CC=C(C=NNC(=O)[C@@H]3CCS(=O)(=O)C3)[C@H]1C2. The van der Waals surface area contributed by atoms with Crippen LogP contribution in [0.4, 0.5) is 0 Å². The molecule has 2 bridgehead atoms. The normalized spacial score (nSPS) is 36.1. The number of fused-ring (bicyclic) bond motifs is 1. The lowest BCUT2D eigenvalue weighted by Crippen LogP contribution is -2.48. The van der Waals surface area contributed by atoms with Crippen molar-refractivity contribution in [2.45, 2.75) is 33.1 Å². The fourth-order valence-electron chi connectivity index (χ4n) is 3.81. The molecule has 1 N–H and O–H groups in total. The molecule has 4 rings (SSSR count). The zero-order valence-electron chi connectivity index (χ0n) is 12.5. The zero-order chi connectivity index (χ0) is 15.3. The van der Waals surface area contributed by atoms with Crippen LogP contribution in [0.15, 0.2) is 16.8 Å². The first-order valence-corrected chi connectivity index (χ1v) is 9.35. The minimum atomic E-state index is -3.03. The summed E-state index contributed by atoms with van der Waals surface area (Å²) in [6.45, 7) is 4.57. The van der Waals surface area contributed by atoms with Crippen LogP contribution in [0, 0.1) is 23.2 Å². The van der Waals surface area contributed by atoms with Gasteiger partial charge in [-0.25, -0.2) is 13.8 Å². The van der Waals surface area contributed by atoms with Crippen molar-refractivity contribution >= 4 is 22.0 Å². The van der Waals surface area contributed by atoms with Gasteiger partial charge in [0.15, 0.2) is 9.84 Å². The summed E-state index contributed by atoms with van der Waals surface area (Å²) in [6.07, 6.45) is 6.64. The van der Waals surface area contributed by atoms with E-state index in [1.807, 2.05) is 0 Å². The lowest BCUT2D eigenvalue weighted by atomic mass is 9.49. The van der Waals surface area contributed by atoms with Crippen LogP contribution in [0.5, 0.6) is 0 Å². The molecule has 0 unspecified atom stereocenters. The number of carbonyl (C=O) groups excluding carboxylic acids is 1. The second-order valence-corrected chi connectivity index (χ2v) is 9.31. The molecule has 1 aliphatic heterocycles. The lowest BCUT2D eigenvalue weighted by molar-refractivity contribution is -0.124. The number of hydrogen-bond donors (Lipinski definition) is 1. The Hall–Kier alpha value is -1.17. The van der Waals surface area contributed by atoms with Gasteiger partial charge in [-0.3, -0.25) is 4.79 Å². The molecule has 0 aromatic carbocycles. The number of nitrogens with zero attached hydrogens (tertiary/aromatic N) is 1. The fraction of sp³-hybridized carbons (Fsp3) is 0.733. The molecule has 3 aliphatic carbocycles. The van der Waals surface area contributed by atoms with Gasteiger partial charge in [0.1, 0.15) is 0 Å². The van der Waals surface area contributed by atoms with Gasteiger partial charge >= 0.3 is 0 Å². The van der Waals surface area contributed by atoms with Crippen molar-refractivity contribution in [2.24, 2.45) is 28.3 Å². The molecule has 0 radical (unpaired) electrons. The summed E-state index contributed by atoms with van der Waals surface area (Å²) < 4.78 is 22.7. The van der Waals surface area contributed by atoms with E-state index >= 15 is 0 Å². The lowest BCUT2D eigenvalue weighted by Gasteiger charge is -2.55. The van der Waals surface area contributed by atoms with Crippen molar-refractivity contribution in [2.75, 3.05) is 11.5 Å². The smallest absolute Gasteiger partial charge is 0.244 e. The van der Waals surface area contributed by atoms with Crippen molar-refractivity contribution in [1.82, 2.24) is 5.43 Å². The van der Waals surface area contributed by atoms with Gasteiger partial charge in [0.05, 0.1) is 23.6 Å². The van der Waals surface area contributed by atoms with Crippen LogP contribution in [-0.2, 0) is 14.6 Å². The molecular weight excluding hydrogens is 288 g/mol. The third-order valence-electron chi connectivity index (χ3n) is 5.50. The first-order valence-electron chi connectivity index (χ1n) is 7.53. The number of rotatable bonds is 3. The third-order valence-corrected chi connectivity index (χ3v) is 7.27. The predicted molar refractivity (Wildman–Crippen MR) is 81.5 cm³/mol. The highest BCUT2D eigenvalue weighted by Crippen LogP contribution is 2.58. The highest BCUT2D eigenvalue weighted by molar-refractivity contribution is 7.91. The minimum Gasteiger partial charge on any atom is -0.273 e. The molecule has 116 valence electrons. The molecule has 5 nitrogen and oxygen atoms in total. The maximum absolute atomic E-state index is 11.9. The van der Waals surface area contributed by atoms with Crippen molar-refractivity contribution in [3.63, 3.8) is 0 Å². The Labute approximate surface area is 125 Å². The molecule has 6 heteroatoms. The van der Waals surface area contributed by atoms with Gasteiger partial charge in [-0.05, 0) is 42.1 Å². The maximum atomic E-state index is 11.9. The van der Waals surface area contributed by atoms with Crippen molar-refractivity contribution in [1.29, 1.82) is 0 Å². The van der Waals surface area contributed by atoms with E-state index in [1.165, 1.54) is 12.0 Å². The zero-order valence-corrected chi connectivity index (χ0v) is 13.3. The van der Waals surface area contributed by atoms with E-state index in [-0.39, 0.29) is 17.4 Å². The molecular formula is C15H22N2O3S. The van der Waals surface area contributed by atoms with E-state index in [0.717, 1.165) is 12.3 Å². The summed E-state index contributed by atoms with van der Waals surface area (Å²) in [7, 11) is -3.03. The van der Waals surface area contributed by atoms with Gasteiger partial charge in [0.2, 0.25) is 5.91 Å². The quantitative estimate of drug-likeness (QED) is 0.634. The molecule has 0 aromatic rings. The Morgan fingerprint density at radius 1 is 1.48 bits per heavy atom. The molecule has 3 atom stereocenters. The largest absolute Gasteiger partial charge is 0.273 e. The second-order valence-electron chi connectivity index (χ2n) is 7.08. The molecule has 0 aromatic heterocycles. The average Bonchev–Trinajstić information content (AvgIpc) is 2.79. The molecule has 2 fully saturated rings. The first-order chi connectivity index (χ1) is 9.79. The molecule has 1 saturated heterocycles. The van der Waals surface area contributed by atoms with Crippen molar-refractivity contribution in [3.05, 3.63) is 11.6 Å². The molecule has 1 heterocycles. The monoisotopic (exact) mass is 310 g/mol. The van der Waals surface area contributed by atoms with Gasteiger partial charge in [0.25, 0.3) is 0 Å². The number of amides is 1. The molecule has 1 saturated carbocycles. The van der Waals surface area contributed by atoms with Crippen LogP contribution < -0.4 is 5.43 Å². The molecule has 0 spiro atoms. The van der Waals surface area contributed by atoms with E-state index < -0.39 is 15.8 Å². The van der Waals surface area contributed by atoms with E-state index in [1.54, 1.807) is 6.21 Å². The minimum absolute atomic E-state index is 0.0472. The second kappa shape index (κ2) is 4.93.